The first kappa shape index (κ1) is 19.7. The number of hydrogen-bond donors (Lipinski definition) is 1. The number of hydrogen-bond acceptors (Lipinski definition) is 3. The third-order valence-electron chi connectivity index (χ3n) is 4.34. The number of aliphatic imine (C=N–C) groups is 1. The van der Waals surface area contributed by atoms with E-state index in [0.29, 0.717) is 19.0 Å². The molecule has 0 atom stereocenters. The van der Waals surface area contributed by atoms with Crippen molar-refractivity contribution in [3.8, 4) is 0 Å². The summed E-state index contributed by atoms with van der Waals surface area (Å²) in [6, 6.07) is 13.6. The van der Waals surface area contributed by atoms with Crippen LogP contribution in [0.1, 0.15) is 44.5 Å². The number of benzene rings is 1. The Balaban J connectivity index is 0.000000197. The Bertz CT molecular complexity index is 832. The zero-order valence-corrected chi connectivity index (χ0v) is 16.1. The van der Waals surface area contributed by atoms with Gasteiger partial charge in [-0.15, -0.1) is 0 Å². The molecule has 0 unspecified atom stereocenters. The lowest BCUT2D eigenvalue weighted by atomic mass is 9.88. The Morgan fingerprint density at radius 1 is 1.19 bits per heavy atom. The zero-order chi connectivity index (χ0) is 19.0. The maximum atomic E-state index is 11.2. The van der Waals surface area contributed by atoms with Gasteiger partial charge in [0.2, 0.25) is 5.56 Å². The second kappa shape index (κ2) is 9.18. The van der Waals surface area contributed by atoms with Gasteiger partial charge >= 0.3 is 0 Å². The molecule has 26 heavy (non-hydrogen) atoms. The van der Waals surface area contributed by atoms with E-state index in [1.807, 2.05) is 26.8 Å². The third-order valence-corrected chi connectivity index (χ3v) is 4.34. The molecule has 0 aliphatic carbocycles. The number of allylic oxidation sites excluding steroid dienone is 1. The molecule has 1 aromatic heterocycles. The van der Waals surface area contributed by atoms with Gasteiger partial charge in [-0.05, 0) is 44.4 Å². The smallest absolute Gasteiger partial charge is 0.248 e. The van der Waals surface area contributed by atoms with Crippen LogP contribution in [0.25, 0.3) is 6.08 Å². The molecule has 1 N–H and O–H groups in total. The highest BCUT2D eigenvalue weighted by Gasteiger charge is 2.31. The lowest BCUT2D eigenvalue weighted by Crippen LogP contribution is -2.32. The molecule has 0 fully saturated rings. The molecule has 0 saturated heterocycles. The van der Waals surface area contributed by atoms with Crippen LogP contribution in [0.15, 0.2) is 58.3 Å². The Labute approximate surface area is 155 Å². The summed E-state index contributed by atoms with van der Waals surface area (Å²) >= 11 is 0. The van der Waals surface area contributed by atoms with Crippen LogP contribution in [0.5, 0.6) is 0 Å². The SMILES string of the molecule is C/C=C\c1ccccc1CC.CC(C)(C1=NCCO1)c1cccc(=O)[nH]1. The van der Waals surface area contributed by atoms with Crippen LogP contribution in [0.2, 0.25) is 0 Å². The number of pyridine rings is 1. The second-order valence-electron chi connectivity index (χ2n) is 6.64. The predicted molar refractivity (Wildman–Crippen MR) is 109 cm³/mol. The van der Waals surface area contributed by atoms with Gasteiger partial charge in [-0.25, -0.2) is 0 Å². The van der Waals surface area contributed by atoms with E-state index < -0.39 is 0 Å². The van der Waals surface area contributed by atoms with Gasteiger partial charge in [0.1, 0.15) is 6.61 Å². The van der Waals surface area contributed by atoms with Gasteiger partial charge < -0.3 is 9.72 Å². The lowest BCUT2D eigenvalue weighted by molar-refractivity contribution is 0.317. The number of rotatable bonds is 4. The molecule has 0 radical (unpaired) electrons. The van der Waals surface area contributed by atoms with Crippen molar-refractivity contribution in [1.82, 2.24) is 4.98 Å². The van der Waals surface area contributed by atoms with Gasteiger partial charge in [0.25, 0.3) is 0 Å². The summed E-state index contributed by atoms with van der Waals surface area (Å²) in [6.07, 6.45) is 5.34. The molecule has 1 aliphatic rings. The maximum Gasteiger partial charge on any atom is 0.248 e. The number of aryl methyl sites for hydroxylation is 1. The summed E-state index contributed by atoms with van der Waals surface area (Å²) < 4.78 is 5.44. The van der Waals surface area contributed by atoms with E-state index in [1.165, 1.54) is 17.2 Å². The molecule has 138 valence electrons. The second-order valence-corrected chi connectivity index (χ2v) is 6.64. The Hall–Kier alpha value is -2.62. The summed E-state index contributed by atoms with van der Waals surface area (Å²) in [5.41, 5.74) is 3.13. The molecule has 3 rings (SSSR count). The van der Waals surface area contributed by atoms with E-state index in [9.17, 15) is 4.79 Å². The molecular formula is C22H28N2O2. The van der Waals surface area contributed by atoms with Crippen LogP contribution < -0.4 is 5.56 Å². The van der Waals surface area contributed by atoms with E-state index >= 15 is 0 Å². The maximum absolute atomic E-state index is 11.2. The molecule has 2 heterocycles. The Kier molecular flexibility index (Phi) is 6.96. The van der Waals surface area contributed by atoms with Crippen LogP contribution in [-0.4, -0.2) is 24.0 Å². The first-order chi connectivity index (χ1) is 12.5. The number of H-pyrrole nitrogens is 1. The fourth-order valence-corrected chi connectivity index (χ4v) is 2.84. The standard InChI is InChI=1S/C11H14N2O2.C11H14/c1-11(2,10-12-6-7-15-10)8-4-3-5-9(14)13-8;1-3-7-11-9-6-5-8-10(11)4-2/h3-5H,6-7H2,1-2H3,(H,13,14);3,5-9H,4H2,1-2H3/b;7-3-. The molecule has 1 aromatic carbocycles. The Morgan fingerprint density at radius 3 is 2.58 bits per heavy atom. The van der Waals surface area contributed by atoms with Crippen LogP contribution >= 0.6 is 0 Å². The largest absolute Gasteiger partial charge is 0.478 e. The van der Waals surface area contributed by atoms with E-state index in [1.54, 1.807) is 6.07 Å². The van der Waals surface area contributed by atoms with E-state index in [0.717, 1.165) is 12.1 Å². The average molecular weight is 352 g/mol. The van der Waals surface area contributed by atoms with Crippen LogP contribution in [0.4, 0.5) is 0 Å². The first-order valence-electron chi connectivity index (χ1n) is 9.07. The third kappa shape index (κ3) is 4.94. The summed E-state index contributed by atoms with van der Waals surface area (Å²) in [6.45, 7) is 9.55. The fourth-order valence-electron chi connectivity index (χ4n) is 2.84. The highest BCUT2D eigenvalue weighted by molar-refractivity contribution is 5.87. The van der Waals surface area contributed by atoms with E-state index in [4.69, 9.17) is 4.74 Å². The highest BCUT2D eigenvalue weighted by atomic mass is 16.5. The molecule has 0 saturated carbocycles. The number of nitrogens with one attached hydrogen (secondary N) is 1. The number of nitrogens with zero attached hydrogens (tertiary/aromatic N) is 1. The zero-order valence-electron chi connectivity index (χ0n) is 16.1. The van der Waals surface area contributed by atoms with Gasteiger partial charge in [0.15, 0.2) is 5.90 Å². The molecule has 1 aliphatic heterocycles. The van der Waals surface area contributed by atoms with Gasteiger partial charge in [0.05, 0.1) is 12.0 Å². The minimum atomic E-state index is -0.364. The molecule has 2 aromatic rings. The van der Waals surface area contributed by atoms with Crippen molar-refractivity contribution in [2.24, 2.45) is 4.99 Å². The van der Waals surface area contributed by atoms with Crippen molar-refractivity contribution < 1.29 is 4.74 Å². The quantitative estimate of drug-likeness (QED) is 0.889. The molecule has 4 nitrogen and oxygen atoms in total. The summed E-state index contributed by atoms with van der Waals surface area (Å²) in [4.78, 5) is 18.3. The average Bonchev–Trinajstić information content (AvgIpc) is 3.19. The number of ether oxygens (including phenoxy) is 1. The van der Waals surface area contributed by atoms with E-state index in [2.05, 4.69) is 53.3 Å². The van der Waals surface area contributed by atoms with Crippen molar-refractivity contribution in [2.75, 3.05) is 13.2 Å². The highest BCUT2D eigenvalue weighted by Crippen LogP contribution is 2.24. The Morgan fingerprint density at radius 2 is 1.96 bits per heavy atom. The van der Waals surface area contributed by atoms with Crippen molar-refractivity contribution in [3.05, 3.63) is 75.7 Å². The van der Waals surface area contributed by atoms with Gasteiger partial charge in [-0.2, -0.15) is 0 Å². The normalized spacial score (nSPS) is 13.8. The van der Waals surface area contributed by atoms with Crippen LogP contribution in [-0.2, 0) is 16.6 Å². The minimum Gasteiger partial charge on any atom is -0.478 e. The minimum absolute atomic E-state index is 0.0980. The van der Waals surface area contributed by atoms with Gasteiger partial charge in [0, 0.05) is 11.8 Å². The summed E-state index contributed by atoms with van der Waals surface area (Å²) in [5, 5.41) is 0. The van der Waals surface area contributed by atoms with Crippen LogP contribution in [0.3, 0.4) is 0 Å². The van der Waals surface area contributed by atoms with Gasteiger partial charge in [-0.1, -0.05) is 49.4 Å². The monoisotopic (exact) mass is 352 g/mol. The first-order valence-corrected chi connectivity index (χ1v) is 9.07. The van der Waals surface area contributed by atoms with Crippen molar-refractivity contribution in [1.29, 1.82) is 0 Å². The predicted octanol–water partition coefficient (Wildman–Crippen LogP) is 4.36. The fraction of sp³-hybridized carbons (Fsp3) is 0.364. The molecular weight excluding hydrogens is 324 g/mol. The topological polar surface area (TPSA) is 54.4 Å². The van der Waals surface area contributed by atoms with E-state index in [-0.39, 0.29) is 11.0 Å². The lowest BCUT2D eigenvalue weighted by Gasteiger charge is -2.23. The van der Waals surface area contributed by atoms with Crippen molar-refractivity contribution in [3.63, 3.8) is 0 Å². The summed E-state index contributed by atoms with van der Waals surface area (Å²) in [5.74, 6) is 0.698. The van der Waals surface area contributed by atoms with Crippen LogP contribution in [0, 0.1) is 0 Å². The number of aromatic nitrogens is 1. The molecule has 0 amide bonds. The van der Waals surface area contributed by atoms with Crippen molar-refractivity contribution in [2.45, 2.75) is 39.5 Å². The van der Waals surface area contributed by atoms with Crippen molar-refractivity contribution >= 4 is 12.0 Å². The molecule has 0 spiro atoms. The molecule has 0 bridgehead atoms. The molecule has 4 heteroatoms. The number of aromatic amines is 1. The summed E-state index contributed by atoms with van der Waals surface area (Å²) in [7, 11) is 0. The van der Waals surface area contributed by atoms with Gasteiger partial charge in [-0.3, -0.25) is 9.79 Å².